The predicted octanol–water partition coefficient (Wildman–Crippen LogP) is 1.96. The van der Waals surface area contributed by atoms with Crippen molar-refractivity contribution in [1.29, 1.82) is 0 Å². The maximum absolute atomic E-state index is 6.14. The third kappa shape index (κ3) is 2.77. The van der Waals surface area contributed by atoms with Gasteiger partial charge in [0.1, 0.15) is 5.82 Å². The van der Waals surface area contributed by atoms with Crippen LogP contribution in [-0.4, -0.2) is 29.5 Å². The van der Waals surface area contributed by atoms with Gasteiger partial charge in [-0.25, -0.2) is 0 Å². The summed E-state index contributed by atoms with van der Waals surface area (Å²) in [6, 6.07) is 0. The molecule has 0 radical (unpaired) electrons. The lowest BCUT2D eigenvalue weighted by Gasteiger charge is -2.22. The van der Waals surface area contributed by atoms with Gasteiger partial charge in [-0.1, -0.05) is 13.8 Å². The van der Waals surface area contributed by atoms with Crippen LogP contribution in [-0.2, 0) is 11.8 Å². The second-order valence-corrected chi connectivity index (χ2v) is 5.39. The Morgan fingerprint density at radius 1 is 1.56 bits per heavy atom. The summed E-state index contributed by atoms with van der Waals surface area (Å²) in [5, 5.41) is 7.89. The zero-order valence-electron chi connectivity index (χ0n) is 11.6. The van der Waals surface area contributed by atoms with Crippen molar-refractivity contribution in [2.45, 2.75) is 32.6 Å². The minimum Gasteiger partial charge on any atom is -0.394 e. The predicted molar refractivity (Wildman–Crippen MR) is 73.7 cm³/mol. The summed E-state index contributed by atoms with van der Waals surface area (Å²) >= 11 is 0. The van der Waals surface area contributed by atoms with Gasteiger partial charge in [-0.05, 0) is 24.7 Å². The van der Waals surface area contributed by atoms with E-state index in [0.29, 0.717) is 11.8 Å². The van der Waals surface area contributed by atoms with Gasteiger partial charge in [-0.2, -0.15) is 5.10 Å². The van der Waals surface area contributed by atoms with Crippen LogP contribution in [0.2, 0.25) is 0 Å². The SMILES string of the molecule is CC(C)c1nn(C)c(NCC2CCCOC2)c1N. The quantitative estimate of drug-likeness (QED) is 0.860. The second-order valence-electron chi connectivity index (χ2n) is 5.39. The molecule has 3 N–H and O–H groups in total. The Labute approximate surface area is 109 Å². The van der Waals surface area contributed by atoms with E-state index in [2.05, 4.69) is 24.3 Å². The fourth-order valence-corrected chi connectivity index (χ4v) is 2.41. The number of hydrogen-bond donors (Lipinski definition) is 2. The average Bonchev–Trinajstić information content (AvgIpc) is 2.64. The van der Waals surface area contributed by atoms with Crippen molar-refractivity contribution >= 4 is 11.5 Å². The van der Waals surface area contributed by atoms with E-state index in [1.165, 1.54) is 6.42 Å². The number of aryl methyl sites for hydroxylation is 1. The lowest BCUT2D eigenvalue weighted by atomic mass is 10.0. The van der Waals surface area contributed by atoms with Gasteiger partial charge >= 0.3 is 0 Å². The van der Waals surface area contributed by atoms with Gasteiger partial charge in [-0.3, -0.25) is 4.68 Å². The van der Waals surface area contributed by atoms with E-state index in [0.717, 1.165) is 43.4 Å². The highest BCUT2D eigenvalue weighted by Gasteiger charge is 2.18. The molecule has 0 amide bonds. The Kier molecular flexibility index (Phi) is 4.11. The normalized spacial score (nSPS) is 20.3. The third-order valence-electron chi connectivity index (χ3n) is 3.47. The highest BCUT2D eigenvalue weighted by Crippen LogP contribution is 2.28. The Hall–Kier alpha value is -1.23. The molecule has 5 nitrogen and oxygen atoms in total. The number of anilines is 2. The molecule has 1 aromatic rings. The maximum atomic E-state index is 6.14. The van der Waals surface area contributed by atoms with Crippen molar-refractivity contribution in [3.05, 3.63) is 5.69 Å². The van der Waals surface area contributed by atoms with Gasteiger partial charge in [0.15, 0.2) is 0 Å². The number of rotatable bonds is 4. The Morgan fingerprint density at radius 3 is 2.89 bits per heavy atom. The zero-order valence-corrected chi connectivity index (χ0v) is 11.6. The van der Waals surface area contributed by atoms with Crippen LogP contribution < -0.4 is 11.1 Å². The fraction of sp³-hybridized carbons (Fsp3) is 0.769. The van der Waals surface area contributed by atoms with Crippen molar-refractivity contribution in [2.75, 3.05) is 30.8 Å². The third-order valence-corrected chi connectivity index (χ3v) is 3.47. The number of aromatic nitrogens is 2. The van der Waals surface area contributed by atoms with Gasteiger partial charge in [0.05, 0.1) is 18.0 Å². The largest absolute Gasteiger partial charge is 0.394 e. The highest BCUT2D eigenvalue weighted by molar-refractivity contribution is 5.65. The van der Waals surface area contributed by atoms with Gasteiger partial charge in [0.2, 0.25) is 0 Å². The molecule has 1 aliphatic heterocycles. The first-order chi connectivity index (χ1) is 8.59. The van der Waals surface area contributed by atoms with E-state index in [9.17, 15) is 0 Å². The molecule has 18 heavy (non-hydrogen) atoms. The number of ether oxygens (including phenoxy) is 1. The van der Waals surface area contributed by atoms with E-state index in [4.69, 9.17) is 10.5 Å². The topological polar surface area (TPSA) is 65.1 Å². The van der Waals surface area contributed by atoms with Crippen LogP contribution >= 0.6 is 0 Å². The van der Waals surface area contributed by atoms with Crippen molar-refractivity contribution in [3.63, 3.8) is 0 Å². The van der Waals surface area contributed by atoms with Crippen LogP contribution in [0.4, 0.5) is 11.5 Å². The fourth-order valence-electron chi connectivity index (χ4n) is 2.41. The van der Waals surface area contributed by atoms with Gasteiger partial charge in [0.25, 0.3) is 0 Å². The average molecular weight is 252 g/mol. The molecule has 1 aromatic heterocycles. The van der Waals surface area contributed by atoms with Crippen molar-refractivity contribution in [1.82, 2.24) is 9.78 Å². The van der Waals surface area contributed by atoms with Crippen LogP contribution in [0.3, 0.4) is 0 Å². The number of nitrogen functional groups attached to an aromatic ring is 1. The van der Waals surface area contributed by atoms with Crippen LogP contribution in [0, 0.1) is 5.92 Å². The standard InChI is InChI=1S/C13H24N4O/c1-9(2)12-11(14)13(17(3)16-12)15-7-10-5-4-6-18-8-10/h9-10,15H,4-8,14H2,1-3H3. The molecule has 1 fully saturated rings. The molecular weight excluding hydrogens is 228 g/mol. The lowest BCUT2D eigenvalue weighted by molar-refractivity contribution is 0.0594. The molecule has 0 spiro atoms. The number of nitrogens with two attached hydrogens (primary N) is 1. The van der Waals surface area contributed by atoms with Crippen molar-refractivity contribution in [3.8, 4) is 0 Å². The second kappa shape index (κ2) is 5.61. The Morgan fingerprint density at radius 2 is 2.33 bits per heavy atom. The Balaban J connectivity index is 2.00. The van der Waals surface area contributed by atoms with Crippen LogP contribution in [0.5, 0.6) is 0 Å². The lowest BCUT2D eigenvalue weighted by Crippen LogP contribution is -2.25. The van der Waals surface area contributed by atoms with E-state index < -0.39 is 0 Å². The van der Waals surface area contributed by atoms with Gasteiger partial charge < -0.3 is 15.8 Å². The first-order valence-electron chi connectivity index (χ1n) is 6.73. The van der Waals surface area contributed by atoms with E-state index in [1.807, 2.05) is 11.7 Å². The maximum Gasteiger partial charge on any atom is 0.147 e. The molecule has 1 unspecified atom stereocenters. The van der Waals surface area contributed by atoms with Crippen LogP contribution in [0.1, 0.15) is 38.3 Å². The molecule has 0 saturated carbocycles. The van der Waals surface area contributed by atoms with E-state index in [1.54, 1.807) is 0 Å². The zero-order chi connectivity index (χ0) is 13.1. The molecule has 0 aromatic carbocycles. The van der Waals surface area contributed by atoms with E-state index in [-0.39, 0.29) is 0 Å². The molecule has 2 heterocycles. The summed E-state index contributed by atoms with van der Waals surface area (Å²) in [6.07, 6.45) is 2.38. The van der Waals surface area contributed by atoms with Crippen LogP contribution in [0.15, 0.2) is 0 Å². The first kappa shape index (κ1) is 13.2. The first-order valence-corrected chi connectivity index (χ1v) is 6.73. The molecule has 5 heteroatoms. The summed E-state index contributed by atoms with van der Waals surface area (Å²) in [4.78, 5) is 0. The molecule has 1 aliphatic rings. The molecule has 0 aliphatic carbocycles. The molecule has 1 atom stereocenters. The number of nitrogens with zero attached hydrogens (tertiary/aromatic N) is 2. The minimum absolute atomic E-state index is 0.352. The van der Waals surface area contributed by atoms with Gasteiger partial charge in [-0.15, -0.1) is 0 Å². The molecule has 2 rings (SSSR count). The molecule has 0 bridgehead atoms. The monoisotopic (exact) mass is 252 g/mol. The van der Waals surface area contributed by atoms with Gasteiger partial charge in [0, 0.05) is 20.2 Å². The number of hydrogen-bond acceptors (Lipinski definition) is 4. The van der Waals surface area contributed by atoms with Crippen LogP contribution in [0.25, 0.3) is 0 Å². The molecular formula is C13H24N4O. The van der Waals surface area contributed by atoms with Crippen molar-refractivity contribution < 1.29 is 4.74 Å². The summed E-state index contributed by atoms with van der Waals surface area (Å²) in [7, 11) is 1.93. The summed E-state index contributed by atoms with van der Waals surface area (Å²) in [5.41, 5.74) is 7.90. The number of nitrogens with one attached hydrogen (secondary N) is 1. The summed E-state index contributed by atoms with van der Waals surface area (Å²) < 4.78 is 7.32. The van der Waals surface area contributed by atoms with E-state index >= 15 is 0 Å². The highest BCUT2D eigenvalue weighted by atomic mass is 16.5. The molecule has 1 saturated heterocycles. The van der Waals surface area contributed by atoms with Crippen molar-refractivity contribution in [2.24, 2.45) is 13.0 Å². The summed E-state index contributed by atoms with van der Waals surface area (Å²) in [5.74, 6) is 1.87. The molecule has 102 valence electrons. The minimum atomic E-state index is 0.352. The Bertz CT molecular complexity index is 394. The smallest absolute Gasteiger partial charge is 0.147 e. The summed E-state index contributed by atoms with van der Waals surface area (Å²) in [6.45, 7) is 6.87.